The fourth-order valence-corrected chi connectivity index (χ4v) is 5.49. The van der Waals surface area contributed by atoms with Crippen LogP contribution in [0.3, 0.4) is 0 Å². The van der Waals surface area contributed by atoms with Crippen molar-refractivity contribution in [2.75, 3.05) is 13.1 Å². The summed E-state index contributed by atoms with van der Waals surface area (Å²) in [7, 11) is 0. The molecule has 0 aliphatic heterocycles. The molecule has 3 rings (SSSR count). The van der Waals surface area contributed by atoms with Gasteiger partial charge in [0.15, 0.2) is 11.5 Å². The summed E-state index contributed by atoms with van der Waals surface area (Å²) in [4.78, 5) is 43.7. The average Bonchev–Trinajstić information content (AvgIpc) is 3.22. The number of aryl methyl sites for hydroxylation is 2. The van der Waals surface area contributed by atoms with Gasteiger partial charge in [-0.1, -0.05) is 32.4 Å². The Morgan fingerprint density at radius 2 is 1.77 bits per heavy atom. The van der Waals surface area contributed by atoms with Crippen molar-refractivity contribution in [1.82, 2.24) is 19.7 Å². The number of carbonyl (C=O) groups is 3. The summed E-state index contributed by atoms with van der Waals surface area (Å²) in [6, 6.07) is 0.953. The van der Waals surface area contributed by atoms with E-state index >= 15 is 0 Å². The van der Waals surface area contributed by atoms with Crippen molar-refractivity contribution in [2.45, 2.75) is 79.4 Å². The van der Waals surface area contributed by atoms with Crippen molar-refractivity contribution in [2.24, 2.45) is 10.8 Å². The van der Waals surface area contributed by atoms with Crippen LogP contribution in [0.5, 0.6) is 0 Å². The zero-order valence-electron chi connectivity index (χ0n) is 22.9. The highest BCUT2D eigenvalue weighted by atomic mass is 35.5. The number of Topliss-reactive ketones (excluding diaryl/α,β-unsaturated/α-hetero) is 1. The number of aromatic nitrogens is 3. The standard InChI is InChI=1S/C27H34ClF3N4O4/c1-15-11-16(2)33-22(28)20(15)19(36)13-34(14-25(3,4)5)23(37)18-12-32-35(21(18)27(29,30)31)17-7-9-26(6,10-8-17)24(38)39/h11-12,17H,7-10,13-14H2,1-6H3,(H,38,39)/t17-,26-. The van der Waals surface area contributed by atoms with Crippen LogP contribution in [0.25, 0.3) is 0 Å². The number of carboxylic acids is 1. The number of ketones is 1. The molecule has 1 saturated carbocycles. The summed E-state index contributed by atoms with van der Waals surface area (Å²) in [5.74, 6) is -2.50. The van der Waals surface area contributed by atoms with Gasteiger partial charge in [0.25, 0.3) is 5.91 Å². The number of carboxylic acid groups (broad SMARTS) is 1. The molecule has 1 fully saturated rings. The molecule has 0 unspecified atom stereocenters. The van der Waals surface area contributed by atoms with Gasteiger partial charge in [0.2, 0.25) is 0 Å². The number of hydrogen-bond donors (Lipinski definition) is 1. The Hall–Kier alpha value is -2.95. The molecule has 2 aromatic heterocycles. The van der Waals surface area contributed by atoms with Gasteiger partial charge in [-0.15, -0.1) is 0 Å². The fraction of sp³-hybridized carbons (Fsp3) is 0.593. The van der Waals surface area contributed by atoms with Crippen molar-refractivity contribution < 1.29 is 32.7 Å². The molecule has 0 atom stereocenters. The van der Waals surface area contributed by atoms with Crippen LogP contribution in [-0.4, -0.2) is 55.5 Å². The van der Waals surface area contributed by atoms with E-state index in [2.05, 4.69) is 10.1 Å². The fourth-order valence-electron chi connectivity index (χ4n) is 5.10. The Labute approximate surface area is 230 Å². The van der Waals surface area contributed by atoms with Crippen LogP contribution in [0, 0.1) is 24.7 Å². The number of aliphatic carboxylic acids is 1. The normalized spacial score (nSPS) is 20.1. The van der Waals surface area contributed by atoms with E-state index in [0.29, 0.717) is 11.3 Å². The Morgan fingerprint density at radius 3 is 2.26 bits per heavy atom. The molecule has 1 aliphatic carbocycles. The zero-order chi connectivity index (χ0) is 29.5. The van der Waals surface area contributed by atoms with Gasteiger partial charge in [-0.2, -0.15) is 18.3 Å². The molecular formula is C27H34ClF3N4O4. The lowest BCUT2D eigenvalue weighted by Gasteiger charge is -2.34. The van der Waals surface area contributed by atoms with Crippen molar-refractivity contribution in [3.8, 4) is 0 Å². The first-order chi connectivity index (χ1) is 17.8. The minimum atomic E-state index is -4.91. The Morgan fingerprint density at radius 1 is 1.18 bits per heavy atom. The van der Waals surface area contributed by atoms with Crippen LogP contribution >= 0.6 is 11.6 Å². The Balaban J connectivity index is 1.99. The molecule has 2 heterocycles. The van der Waals surface area contributed by atoms with Gasteiger partial charge in [0.1, 0.15) is 5.15 Å². The van der Waals surface area contributed by atoms with E-state index < -0.39 is 58.5 Å². The summed E-state index contributed by atoms with van der Waals surface area (Å²) in [5.41, 5.74) is -2.15. The highest BCUT2D eigenvalue weighted by Crippen LogP contribution is 2.43. The number of hydrogen-bond acceptors (Lipinski definition) is 5. The third-order valence-corrected chi connectivity index (χ3v) is 7.35. The van der Waals surface area contributed by atoms with E-state index in [1.165, 1.54) is 0 Å². The molecule has 0 saturated heterocycles. The maximum atomic E-state index is 14.4. The van der Waals surface area contributed by atoms with E-state index in [-0.39, 0.29) is 42.9 Å². The third kappa shape index (κ3) is 6.80. The van der Waals surface area contributed by atoms with E-state index in [4.69, 9.17) is 11.6 Å². The van der Waals surface area contributed by atoms with Crippen LogP contribution in [0.4, 0.5) is 13.2 Å². The van der Waals surface area contributed by atoms with Gasteiger partial charge in [-0.05, 0) is 63.5 Å². The first kappa shape index (κ1) is 30.6. The van der Waals surface area contributed by atoms with Crippen molar-refractivity contribution in [3.05, 3.63) is 45.5 Å². The summed E-state index contributed by atoms with van der Waals surface area (Å²) >= 11 is 6.22. The molecule has 0 spiro atoms. The second-order valence-electron chi connectivity index (χ2n) is 11.8. The highest BCUT2D eigenvalue weighted by Gasteiger charge is 2.45. The summed E-state index contributed by atoms with van der Waals surface area (Å²) in [6.07, 6.45) is -3.31. The summed E-state index contributed by atoms with van der Waals surface area (Å²) in [5, 5.41) is 13.4. The maximum Gasteiger partial charge on any atom is 0.433 e. The SMILES string of the molecule is Cc1cc(C)c(C(=O)CN(CC(C)(C)C)C(=O)c2cnn([C@H]3CC[C@](C)(C(=O)O)CC3)c2C(F)(F)F)c(Cl)n1. The summed E-state index contributed by atoms with van der Waals surface area (Å²) in [6.45, 7) is 9.88. The predicted octanol–water partition coefficient (Wildman–Crippen LogP) is 6.14. The van der Waals surface area contributed by atoms with E-state index in [1.54, 1.807) is 47.6 Å². The predicted molar refractivity (Wildman–Crippen MR) is 139 cm³/mol. The first-order valence-electron chi connectivity index (χ1n) is 12.7. The second kappa shape index (κ2) is 10.9. The minimum absolute atomic E-state index is 0.00357. The van der Waals surface area contributed by atoms with Gasteiger partial charge in [0, 0.05) is 12.2 Å². The molecule has 1 N–H and O–H groups in total. The molecule has 2 aromatic rings. The Kier molecular flexibility index (Phi) is 8.55. The van der Waals surface area contributed by atoms with E-state index in [0.717, 1.165) is 15.8 Å². The zero-order valence-corrected chi connectivity index (χ0v) is 23.7. The van der Waals surface area contributed by atoms with Gasteiger partial charge in [-0.3, -0.25) is 19.1 Å². The summed E-state index contributed by atoms with van der Waals surface area (Å²) < 4.78 is 44.0. The Bertz CT molecular complexity index is 1250. The number of pyridine rings is 1. The van der Waals surface area contributed by atoms with Gasteiger partial charge in [0.05, 0.1) is 35.3 Å². The molecular weight excluding hydrogens is 537 g/mol. The number of halogens is 4. The lowest BCUT2D eigenvalue weighted by molar-refractivity contribution is -0.152. The van der Waals surface area contributed by atoms with Gasteiger partial charge < -0.3 is 10.0 Å². The quantitative estimate of drug-likeness (QED) is 0.316. The van der Waals surface area contributed by atoms with Crippen molar-refractivity contribution in [3.63, 3.8) is 0 Å². The van der Waals surface area contributed by atoms with Crippen LogP contribution in [0.2, 0.25) is 5.15 Å². The number of nitrogens with zero attached hydrogens (tertiary/aromatic N) is 4. The van der Waals surface area contributed by atoms with Crippen LogP contribution in [0.15, 0.2) is 12.3 Å². The highest BCUT2D eigenvalue weighted by molar-refractivity contribution is 6.33. The first-order valence-corrected chi connectivity index (χ1v) is 13.1. The molecule has 0 radical (unpaired) electrons. The lowest BCUT2D eigenvalue weighted by Crippen LogP contribution is -2.42. The van der Waals surface area contributed by atoms with Crippen molar-refractivity contribution in [1.29, 1.82) is 0 Å². The van der Waals surface area contributed by atoms with Gasteiger partial charge >= 0.3 is 12.1 Å². The number of carbonyl (C=O) groups excluding carboxylic acids is 2. The second-order valence-corrected chi connectivity index (χ2v) is 12.2. The van der Waals surface area contributed by atoms with Crippen LogP contribution in [-0.2, 0) is 11.0 Å². The molecule has 1 amide bonds. The van der Waals surface area contributed by atoms with Crippen molar-refractivity contribution >= 4 is 29.3 Å². The number of alkyl halides is 3. The molecule has 0 bridgehead atoms. The average molecular weight is 571 g/mol. The maximum absolute atomic E-state index is 14.4. The molecule has 8 nitrogen and oxygen atoms in total. The molecule has 214 valence electrons. The molecule has 12 heteroatoms. The van der Waals surface area contributed by atoms with Crippen LogP contribution < -0.4 is 0 Å². The molecule has 1 aliphatic rings. The lowest BCUT2D eigenvalue weighted by atomic mass is 9.74. The minimum Gasteiger partial charge on any atom is -0.481 e. The van der Waals surface area contributed by atoms with Crippen LogP contribution in [0.1, 0.15) is 97.1 Å². The number of amides is 1. The molecule has 39 heavy (non-hydrogen) atoms. The van der Waals surface area contributed by atoms with E-state index in [9.17, 15) is 32.7 Å². The smallest absolute Gasteiger partial charge is 0.433 e. The molecule has 0 aromatic carbocycles. The number of rotatable bonds is 7. The van der Waals surface area contributed by atoms with Gasteiger partial charge in [-0.25, -0.2) is 4.98 Å². The van der Waals surface area contributed by atoms with E-state index in [1.807, 2.05) is 0 Å². The topological polar surface area (TPSA) is 105 Å². The third-order valence-electron chi connectivity index (χ3n) is 7.08. The largest absolute Gasteiger partial charge is 0.481 e. The monoisotopic (exact) mass is 570 g/mol.